The van der Waals surface area contributed by atoms with Gasteiger partial charge in [-0.3, -0.25) is 9.59 Å². The van der Waals surface area contributed by atoms with Gasteiger partial charge in [0.25, 0.3) is 5.91 Å². The van der Waals surface area contributed by atoms with Gasteiger partial charge in [0.15, 0.2) is 0 Å². The van der Waals surface area contributed by atoms with Crippen molar-refractivity contribution in [1.29, 1.82) is 0 Å². The molecule has 5 nitrogen and oxygen atoms in total. The Balaban J connectivity index is 2.00. The third-order valence-electron chi connectivity index (χ3n) is 4.06. The number of likely N-dealkylation sites (tertiary alicyclic amines) is 1. The summed E-state index contributed by atoms with van der Waals surface area (Å²) < 4.78 is 5.52. The summed E-state index contributed by atoms with van der Waals surface area (Å²) in [5, 5.41) is 9.23. The first-order valence-corrected chi connectivity index (χ1v) is 7.55. The smallest absolute Gasteiger partial charge is 0.311 e. The van der Waals surface area contributed by atoms with Crippen LogP contribution in [-0.4, -0.2) is 41.1 Å². The molecule has 0 spiro atoms. The first-order valence-electron chi connectivity index (χ1n) is 7.55. The highest BCUT2D eigenvalue weighted by Crippen LogP contribution is 2.31. The molecule has 1 atom stereocenters. The highest BCUT2D eigenvalue weighted by atomic mass is 16.5. The quantitative estimate of drug-likeness (QED) is 0.908. The van der Waals surface area contributed by atoms with E-state index in [-0.39, 0.29) is 18.6 Å². The van der Waals surface area contributed by atoms with Crippen molar-refractivity contribution in [1.82, 2.24) is 4.90 Å². The number of nitrogens with zero attached hydrogens (tertiary/aromatic N) is 1. The number of carbonyl (C=O) groups is 2. The molecule has 0 radical (unpaired) electrons. The lowest BCUT2D eigenvalue weighted by molar-refractivity contribution is -0.147. The number of carbonyl (C=O) groups excluding carboxylic acids is 1. The van der Waals surface area contributed by atoms with Crippen LogP contribution in [0.15, 0.2) is 24.3 Å². The molecule has 1 aliphatic rings. The molecule has 2 rings (SSSR count). The molecular weight excluding hydrogens is 282 g/mol. The summed E-state index contributed by atoms with van der Waals surface area (Å²) in [7, 11) is 0. The van der Waals surface area contributed by atoms with E-state index in [2.05, 4.69) is 0 Å². The number of aliphatic carboxylic acids is 1. The van der Waals surface area contributed by atoms with Gasteiger partial charge in [0.1, 0.15) is 0 Å². The molecule has 0 bridgehead atoms. The van der Waals surface area contributed by atoms with Crippen LogP contribution in [0.3, 0.4) is 0 Å². The Labute approximate surface area is 130 Å². The molecule has 120 valence electrons. The average Bonchev–Trinajstić information content (AvgIpc) is 2.89. The Morgan fingerprint density at radius 3 is 2.45 bits per heavy atom. The van der Waals surface area contributed by atoms with Crippen molar-refractivity contribution < 1.29 is 19.4 Å². The van der Waals surface area contributed by atoms with E-state index in [9.17, 15) is 14.7 Å². The Morgan fingerprint density at radius 2 is 1.95 bits per heavy atom. The average molecular weight is 305 g/mol. The molecular formula is C17H23NO4. The van der Waals surface area contributed by atoms with Gasteiger partial charge in [0.05, 0.1) is 18.1 Å². The van der Waals surface area contributed by atoms with Crippen molar-refractivity contribution in [3.63, 3.8) is 0 Å². The second kappa shape index (κ2) is 6.48. The first kappa shape index (κ1) is 16.5. The van der Waals surface area contributed by atoms with E-state index in [1.807, 2.05) is 26.0 Å². The van der Waals surface area contributed by atoms with E-state index in [1.54, 1.807) is 24.0 Å². The van der Waals surface area contributed by atoms with E-state index < -0.39 is 11.4 Å². The lowest BCUT2D eigenvalue weighted by Crippen LogP contribution is -2.34. The number of hydrogen-bond donors (Lipinski definition) is 1. The molecule has 1 heterocycles. The maximum atomic E-state index is 12.4. The van der Waals surface area contributed by atoms with Crippen molar-refractivity contribution in [2.24, 2.45) is 5.41 Å². The van der Waals surface area contributed by atoms with Gasteiger partial charge >= 0.3 is 5.97 Å². The fourth-order valence-corrected chi connectivity index (χ4v) is 2.50. The number of hydrogen-bond acceptors (Lipinski definition) is 3. The minimum absolute atomic E-state index is 0.110. The molecule has 22 heavy (non-hydrogen) atoms. The molecule has 1 aromatic rings. The molecule has 1 amide bonds. The summed E-state index contributed by atoms with van der Waals surface area (Å²) in [4.78, 5) is 25.3. The molecule has 1 saturated heterocycles. The van der Waals surface area contributed by atoms with Gasteiger partial charge in [-0.05, 0) is 44.9 Å². The summed E-state index contributed by atoms with van der Waals surface area (Å²) >= 11 is 0. The molecule has 1 fully saturated rings. The van der Waals surface area contributed by atoms with E-state index in [4.69, 9.17) is 4.74 Å². The molecule has 1 aliphatic heterocycles. The molecule has 0 aliphatic carbocycles. The minimum atomic E-state index is -0.844. The second-order valence-electron chi connectivity index (χ2n) is 6.40. The van der Waals surface area contributed by atoms with Crippen molar-refractivity contribution in [3.05, 3.63) is 35.4 Å². The maximum Gasteiger partial charge on any atom is 0.311 e. The van der Waals surface area contributed by atoms with Gasteiger partial charge in [-0.1, -0.05) is 12.1 Å². The van der Waals surface area contributed by atoms with Gasteiger partial charge < -0.3 is 14.7 Å². The summed E-state index contributed by atoms with van der Waals surface area (Å²) in [6.07, 6.45) is 0.661. The zero-order valence-corrected chi connectivity index (χ0v) is 13.3. The largest absolute Gasteiger partial charge is 0.481 e. The Morgan fingerprint density at radius 1 is 1.32 bits per heavy atom. The number of ether oxygens (including phenoxy) is 1. The zero-order chi connectivity index (χ0) is 16.3. The molecule has 0 saturated carbocycles. The number of carboxylic acids is 1. The third kappa shape index (κ3) is 3.65. The van der Waals surface area contributed by atoms with E-state index in [0.29, 0.717) is 25.1 Å². The lowest BCUT2D eigenvalue weighted by Gasteiger charge is -2.20. The van der Waals surface area contributed by atoms with Gasteiger partial charge in [-0.15, -0.1) is 0 Å². The zero-order valence-electron chi connectivity index (χ0n) is 13.3. The van der Waals surface area contributed by atoms with Crippen LogP contribution < -0.4 is 0 Å². The van der Waals surface area contributed by atoms with Crippen LogP contribution in [0, 0.1) is 5.41 Å². The fourth-order valence-electron chi connectivity index (χ4n) is 2.50. The van der Waals surface area contributed by atoms with Crippen molar-refractivity contribution in [3.8, 4) is 0 Å². The molecule has 1 N–H and O–H groups in total. The number of amides is 1. The standard InChI is InChI=1S/C17H23NO4/c1-12(2)22-10-13-4-6-14(7-5-13)15(19)18-9-8-17(3,11-18)16(20)21/h4-7,12H,8-11H2,1-3H3,(H,20,21). The van der Waals surface area contributed by atoms with Crippen LogP contribution in [0.2, 0.25) is 0 Å². The van der Waals surface area contributed by atoms with Gasteiger partial charge in [-0.2, -0.15) is 0 Å². The summed E-state index contributed by atoms with van der Waals surface area (Å²) in [5.41, 5.74) is 0.769. The summed E-state index contributed by atoms with van der Waals surface area (Å²) in [6, 6.07) is 7.31. The molecule has 1 unspecified atom stereocenters. The van der Waals surface area contributed by atoms with Crippen LogP contribution in [0.1, 0.15) is 43.1 Å². The van der Waals surface area contributed by atoms with Crippen LogP contribution in [-0.2, 0) is 16.1 Å². The monoisotopic (exact) mass is 305 g/mol. The Kier molecular flexibility index (Phi) is 4.86. The lowest BCUT2D eigenvalue weighted by atomic mass is 9.90. The number of benzene rings is 1. The number of carboxylic acid groups (broad SMARTS) is 1. The summed E-state index contributed by atoms with van der Waals surface area (Å²) in [6.45, 7) is 6.91. The van der Waals surface area contributed by atoms with E-state index in [1.165, 1.54) is 0 Å². The molecule has 1 aromatic carbocycles. The van der Waals surface area contributed by atoms with Crippen molar-refractivity contribution in [2.75, 3.05) is 13.1 Å². The predicted octanol–water partition coefficient (Wildman–Crippen LogP) is 2.55. The fraction of sp³-hybridized carbons (Fsp3) is 0.529. The summed E-state index contributed by atoms with van der Waals surface area (Å²) in [5.74, 6) is -0.953. The van der Waals surface area contributed by atoms with E-state index >= 15 is 0 Å². The van der Waals surface area contributed by atoms with E-state index in [0.717, 1.165) is 5.56 Å². The van der Waals surface area contributed by atoms with Crippen LogP contribution in [0.25, 0.3) is 0 Å². The number of rotatable bonds is 5. The second-order valence-corrected chi connectivity index (χ2v) is 6.40. The normalized spacial score (nSPS) is 21.4. The molecule has 0 aromatic heterocycles. The van der Waals surface area contributed by atoms with Crippen LogP contribution in [0.4, 0.5) is 0 Å². The van der Waals surface area contributed by atoms with Crippen molar-refractivity contribution in [2.45, 2.75) is 39.9 Å². The van der Waals surface area contributed by atoms with Crippen molar-refractivity contribution >= 4 is 11.9 Å². The minimum Gasteiger partial charge on any atom is -0.481 e. The Bertz CT molecular complexity index is 552. The third-order valence-corrected chi connectivity index (χ3v) is 4.06. The molecule has 5 heteroatoms. The SMILES string of the molecule is CC(C)OCc1ccc(C(=O)N2CCC(C)(C(=O)O)C2)cc1. The highest BCUT2D eigenvalue weighted by molar-refractivity contribution is 5.95. The first-order chi connectivity index (χ1) is 10.3. The Hall–Kier alpha value is -1.88. The van der Waals surface area contributed by atoms with Gasteiger partial charge in [-0.25, -0.2) is 0 Å². The highest BCUT2D eigenvalue weighted by Gasteiger charge is 2.42. The van der Waals surface area contributed by atoms with Crippen LogP contribution in [0.5, 0.6) is 0 Å². The van der Waals surface area contributed by atoms with Crippen LogP contribution >= 0.6 is 0 Å². The topological polar surface area (TPSA) is 66.8 Å². The van der Waals surface area contributed by atoms with Gasteiger partial charge in [0, 0.05) is 18.7 Å². The maximum absolute atomic E-state index is 12.4. The predicted molar refractivity (Wildman–Crippen MR) is 82.6 cm³/mol. The van der Waals surface area contributed by atoms with Gasteiger partial charge in [0.2, 0.25) is 0 Å².